The minimum atomic E-state index is -0.456. The van der Waals surface area contributed by atoms with Crippen molar-refractivity contribution in [3.8, 4) is 5.75 Å². The van der Waals surface area contributed by atoms with Crippen LogP contribution in [0.2, 0.25) is 0 Å². The SMILES string of the molecule is C=CC(=O)Oc1cc(SCC(CSc2cccc3c2sc2ccccc23)(CSc2cccc3c2sc2ccccc23)CSc2cccc3c2sc2ccccc23)cc2ccccc12. The Morgan fingerprint density at radius 1 is 0.476 bits per heavy atom. The van der Waals surface area contributed by atoms with Gasteiger partial charge in [-0.2, -0.15) is 0 Å². The highest BCUT2D eigenvalue weighted by molar-refractivity contribution is 8.02. The van der Waals surface area contributed by atoms with E-state index >= 15 is 0 Å². The summed E-state index contributed by atoms with van der Waals surface area (Å²) in [7, 11) is 0. The summed E-state index contributed by atoms with van der Waals surface area (Å²) in [6, 6.07) is 59.3. The second-order valence-corrected chi connectivity index (χ2v) is 22.9. The number of carbonyl (C=O) groups excluding carboxylic acids is 1. The number of hydrogen-bond acceptors (Lipinski definition) is 9. The number of rotatable bonds is 14. The van der Waals surface area contributed by atoms with Crippen LogP contribution in [0.15, 0.2) is 196 Å². The van der Waals surface area contributed by atoms with Crippen LogP contribution >= 0.6 is 81.1 Å². The fourth-order valence-electron chi connectivity index (χ4n) is 8.25. The maximum absolute atomic E-state index is 12.6. The van der Waals surface area contributed by atoms with Gasteiger partial charge in [0.2, 0.25) is 0 Å². The van der Waals surface area contributed by atoms with Crippen LogP contribution in [0.4, 0.5) is 0 Å². The first-order valence-corrected chi connectivity index (χ1v) is 27.0. The Kier molecular flexibility index (Phi) is 11.5. The molecule has 0 fully saturated rings. The standard InChI is InChI=1S/C54H38O2S7/c1-2-50(55)56-43-29-35(28-34-14-3-4-15-36(34)43)57-30-54(31-58-47-25-11-19-40-37-16-5-8-22-44(37)61-51(40)47,32-59-48-26-12-20-41-38-17-6-9-23-45(38)62-52(41)48)33-60-49-27-13-21-42-39-18-7-10-24-46(39)63-53(42)49/h2-29H,1,30-33H2. The largest absolute Gasteiger partial charge is 0.423 e. The van der Waals surface area contributed by atoms with Gasteiger partial charge in [-0.15, -0.1) is 81.1 Å². The molecule has 0 saturated carbocycles. The van der Waals surface area contributed by atoms with Crippen molar-refractivity contribution in [3.05, 3.63) is 176 Å². The van der Waals surface area contributed by atoms with Gasteiger partial charge in [-0.1, -0.05) is 122 Å². The van der Waals surface area contributed by atoms with Gasteiger partial charge < -0.3 is 4.74 Å². The number of fused-ring (bicyclic) bond motifs is 10. The zero-order valence-corrected chi connectivity index (χ0v) is 39.6. The molecule has 0 bridgehead atoms. The van der Waals surface area contributed by atoms with Gasteiger partial charge in [-0.3, -0.25) is 0 Å². The van der Waals surface area contributed by atoms with E-state index in [9.17, 15) is 4.79 Å². The molecule has 3 aromatic heterocycles. The molecule has 0 radical (unpaired) electrons. The van der Waals surface area contributed by atoms with Crippen LogP contribution in [0.1, 0.15) is 0 Å². The number of benzene rings is 8. The van der Waals surface area contributed by atoms with E-state index in [2.05, 4.69) is 146 Å². The molecule has 8 aromatic carbocycles. The van der Waals surface area contributed by atoms with E-state index in [0.717, 1.165) is 38.7 Å². The van der Waals surface area contributed by atoms with Crippen molar-refractivity contribution in [2.75, 3.05) is 23.0 Å². The summed E-state index contributed by atoms with van der Waals surface area (Å²) in [5, 5.41) is 9.91. The van der Waals surface area contributed by atoms with Gasteiger partial charge in [0.05, 0.1) is 0 Å². The third kappa shape index (κ3) is 8.07. The van der Waals surface area contributed by atoms with Gasteiger partial charge in [0, 0.05) is 120 Å². The topological polar surface area (TPSA) is 26.3 Å². The quantitative estimate of drug-likeness (QED) is 0.0466. The van der Waals surface area contributed by atoms with Gasteiger partial charge in [0.25, 0.3) is 0 Å². The van der Waals surface area contributed by atoms with E-state index in [1.165, 1.54) is 81.3 Å². The molecule has 9 heteroatoms. The molecule has 0 spiro atoms. The average Bonchev–Trinajstić information content (AvgIpc) is 4.03. The van der Waals surface area contributed by atoms with Crippen molar-refractivity contribution in [2.45, 2.75) is 19.6 Å². The van der Waals surface area contributed by atoms with Crippen molar-refractivity contribution in [3.63, 3.8) is 0 Å². The number of thiophene rings is 3. The molecule has 0 unspecified atom stereocenters. The van der Waals surface area contributed by atoms with Crippen molar-refractivity contribution in [2.24, 2.45) is 5.41 Å². The zero-order valence-electron chi connectivity index (χ0n) is 33.9. The lowest BCUT2D eigenvalue weighted by molar-refractivity contribution is -0.128. The third-order valence-corrected chi connectivity index (χ3v) is 21.0. The first-order chi connectivity index (χ1) is 31.0. The third-order valence-electron chi connectivity index (χ3n) is 11.4. The molecule has 0 saturated heterocycles. The van der Waals surface area contributed by atoms with Crippen LogP contribution in [-0.4, -0.2) is 29.0 Å². The van der Waals surface area contributed by atoms with E-state index in [1.807, 2.05) is 105 Å². The highest BCUT2D eigenvalue weighted by Gasteiger charge is 2.33. The van der Waals surface area contributed by atoms with Crippen LogP contribution < -0.4 is 4.74 Å². The van der Waals surface area contributed by atoms with E-state index in [-0.39, 0.29) is 5.41 Å². The average molecular weight is 943 g/mol. The molecule has 0 aliphatic rings. The maximum atomic E-state index is 12.6. The van der Waals surface area contributed by atoms with E-state index in [4.69, 9.17) is 4.74 Å². The summed E-state index contributed by atoms with van der Waals surface area (Å²) in [6.45, 7) is 3.67. The molecule has 0 aliphatic carbocycles. The fourth-order valence-corrected chi connectivity index (χ4v) is 18.0. The Labute approximate surface area is 394 Å². The highest BCUT2D eigenvalue weighted by Crippen LogP contribution is 2.49. The Balaban J connectivity index is 1.02. The molecule has 11 rings (SSSR count). The van der Waals surface area contributed by atoms with Crippen molar-refractivity contribution < 1.29 is 9.53 Å². The molecule has 0 N–H and O–H groups in total. The summed E-state index contributed by atoms with van der Waals surface area (Å²) in [6.07, 6.45) is 1.23. The molecular formula is C54H38O2S7. The number of hydrogen-bond donors (Lipinski definition) is 0. The van der Waals surface area contributed by atoms with Crippen LogP contribution in [0.3, 0.4) is 0 Å². The van der Waals surface area contributed by atoms with Crippen molar-refractivity contribution in [1.82, 2.24) is 0 Å². The molecule has 0 aliphatic heterocycles. The van der Waals surface area contributed by atoms with Crippen LogP contribution in [-0.2, 0) is 4.79 Å². The number of ether oxygens (including phenoxy) is 1. The number of esters is 1. The van der Waals surface area contributed by atoms with E-state index in [1.54, 1.807) is 0 Å². The molecule has 2 nitrogen and oxygen atoms in total. The van der Waals surface area contributed by atoms with Crippen LogP contribution in [0.5, 0.6) is 5.75 Å². The number of thioether (sulfide) groups is 4. The summed E-state index contributed by atoms with van der Waals surface area (Å²) >= 11 is 13.6. The van der Waals surface area contributed by atoms with E-state index < -0.39 is 5.97 Å². The smallest absolute Gasteiger partial charge is 0.335 e. The lowest BCUT2D eigenvalue weighted by Gasteiger charge is -2.33. The highest BCUT2D eigenvalue weighted by atomic mass is 32.2. The Hall–Kier alpha value is -4.71. The van der Waals surface area contributed by atoms with Gasteiger partial charge in [-0.25, -0.2) is 4.79 Å². The number of carbonyl (C=O) groups is 1. The fraction of sp³-hybridized carbons (Fsp3) is 0.0926. The lowest BCUT2D eigenvalue weighted by atomic mass is 9.99. The second-order valence-electron chi connectivity index (χ2n) is 15.6. The predicted molar refractivity (Wildman–Crippen MR) is 283 cm³/mol. The van der Waals surface area contributed by atoms with Crippen molar-refractivity contribution >= 4 is 158 Å². The maximum Gasteiger partial charge on any atom is 0.335 e. The summed E-state index contributed by atoms with van der Waals surface area (Å²) in [4.78, 5) is 17.7. The zero-order chi connectivity index (χ0) is 42.3. The molecule has 11 aromatic rings. The van der Waals surface area contributed by atoms with E-state index in [0.29, 0.717) is 5.75 Å². The van der Waals surface area contributed by atoms with Crippen molar-refractivity contribution in [1.29, 1.82) is 0 Å². The van der Waals surface area contributed by atoms with Gasteiger partial charge in [0.15, 0.2) is 0 Å². The monoisotopic (exact) mass is 942 g/mol. The normalized spacial score (nSPS) is 12.1. The molecule has 308 valence electrons. The molecule has 0 atom stereocenters. The molecule has 3 heterocycles. The van der Waals surface area contributed by atoms with Gasteiger partial charge >= 0.3 is 5.97 Å². The summed E-state index contributed by atoms with van der Waals surface area (Å²) in [5.41, 5.74) is -0.162. The summed E-state index contributed by atoms with van der Waals surface area (Å²) in [5.74, 6) is 3.73. The predicted octanol–water partition coefficient (Wildman–Crippen LogP) is 17.5. The van der Waals surface area contributed by atoms with Gasteiger partial charge in [-0.05, 0) is 53.9 Å². The minimum Gasteiger partial charge on any atom is -0.423 e. The molecule has 63 heavy (non-hydrogen) atoms. The van der Waals surface area contributed by atoms with Crippen LogP contribution in [0, 0.1) is 5.41 Å². The van der Waals surface area contributed by atoms with Crippen LogP contribution in [0.25, 0.3) is 71.3 Å². The molecule has 0 amide bonds. The van der Waals surface area contributed by atoms with Gasteiger partial charge in [0.1, 0.15) is 5.75 Å². The minimum absolute atomic E-state index is 0.162. The Bertz CT molecular complexity index is 3240. The lowest BCUT2D eigenvalue weighted by Crippen LogP contribution is -2.33. The Morgan fingerprint density at radius 3 is 1.33 bits per heavy atom. The second kappa shape index (κ2) is 17.7. The first-order valence-electron chi connectivity index (χ1n) is 20.6. The molecular weight excluding hydrogens is 905 g/mol. The Morgan fingerprint density at radius 2 is 0.873 bits per heavy atom. The first kappa shape index (κ1) is 41.0. The summed E-state index contributed by atoms with van der Waals surface area (Å²) < 4.78 is 13.9.